The highest BCUT2D eigenvalue weighted by Crippen LogP contribution is 2.26. The molecular weight excluding hydrogens is 275 g/mol. The van der Waals surface area contributed by atoms with Crippen LogP contribution in [0.25, 0.3) is 0 Å². The number of rotatable bonds is 3. The van der Waals surface area contributed by atoms with Crippen molar-refractivity contribution in [2.24, 2.45) is 0 Å². The van der Waals surface area contributed by atoms with Gasteiger partial charge in [-0.3, -0.25) is 0 Å². The van der Waals surface area contributed by atoms with Crippen molar-refractivity contribution in [1.29, 1.82) is 0 Å². The lowest BCUT2D eigenvalue weighted by Gasteiger charge is -2.10. The molecule has 0 saturated heterocycles. The van der Waals surface area contributed by atoms with Crippen molar-refractivity contribution < 1.29 is 13.2 Å². The fourth-order valence-corrected chi connectivity index (χ4v) is 1.91. The third-order valence-corrected chi connectivity index (χ3v) is 3.01. The third kappa shape index (κ3) is 3.20. The molecule has 0 spiro atoms. The van der Waals surface area contributed by atoms with Crippen LogP contribution in [-0.2, 0) is 6.54 Å². The lowest BCUT2D eigenvalue weighted by molar-refractivity contribution is 0.585. The van der Waals surface area contributed by atoms with Gasteiger partial charge in [0.05, 0.1) is 10.7 Å². The summed E-state index contributed by atoms with van der Waals surface area (Å²) in [6, 6.07) is 6.47. The molecule has 0 saturated carbocycles. The Labute approximate surface area is 114 Å². The first-order valence-electron chi connectivity index (χ1n) is 5.61. The van der Waals surface area contributed by atoms with E-state index in [0.29, 0.717) is 11.1 Å². The zero-order chi connectivity index (χ0) is 14.0. The summed E-state index contributed by atoms with van der Waals surface area (Å²) in [4.78, 5) is 0. The van der Waals surface area contributed by atoms with Gasteiger partial charge in [0.2, 0.25) is 0 Å². The minimum absolute atomic E-state index is 0.00375. The van der Waals surface area contributed by atoms with Gasteiger partial charge in [0.15, 0.2) is 5.82 Å². The summed E-state index contributed by atoms with van der Waals surface area (Å²) in [5.41, 5.74) is 1.18. The van der Waals surface area contributed by atoms with Gasteiger partial charge in [-0.25, -0.2) is 13.2 Å². The molecular formula is C14H11ClF3N. The fourth-order valence-electron chi connectivity index (χ4n) is 1.65. The van der Waals surface area contributed by atoms with Gasteiger partial charge >= 0.3 is 0 Å². The van der Waals surface area contributed by atoms with E-state index in [0.717, 1.165) is 12.1 Å². The summed E-state index contributed by atoms with van der Waals surface area (Å²) in [5.74, 6) is -1.85. The molecule has 5 heteroatoms. The van der Waals surface area contributed by atoms with Gasteiger partial charge in [-0.1, -0.05) is 23.7 Å². The molecule has 0 aliphatic carbocycles. The number of anilines is 1. The van der Waals surface area contributed by atoms with Crippen molar-refractivity contribution in [3.05, 3.63) is 63.9 Å². The second kappa shape index (κ2) is 5.53. The number of hydrogen-bond acceptors (Lipinski definition) is 1. The Morgan fingerprint density at radius 3 is 2.42 bits per heavy atom. The number of benzene rings is 2. The number of nitrogens with one attached hydrogen (secondary N) is 1. The SMILES string of the molecule is Cc1ccc(CNc2c(F)cc(F)cc2Cl)cc1F. The van der Waals surface area contributed by atoms with Gasteiger partial charge in [-0.2, -0.15) is 0 Å². The second-order valence-electron chi connectivity index (χ2n) is 4.18. The maximum Gasteiger partial charge on any atom is 0.150 e. The molecule has 0 amide bonds. The molecule has 0 radical (unpaired) electrons. The standard InChI is InChI=1S/C14H11ClF3N/c1-8-2-3-9(4-12(8)17)7-19-14-11(15)5-10(16)6-13(14)18/h2-6,19H,7H2,1H3. The average molecular weight is 286 g/mol. The summed E-state index contributed by atoms with van der Waals surface area (Å²) in [6.07, 6.45) is 0. The van der Waals surface area contributed by atoms with Crippen molar-refractivity contribution >= 4 is 17.3 Å². The van der Waals surface area contributed by atoms with E-state index in [1.54, 1.807) is 19.1 Å². The molecule has 0 atom stereocenters. The Morgan fingerprint density at radius 2 is 1.79 bits per heavy atom. The van der Waals surface area contributed by atoms with Crippen LogP contribution in [0.3, 0.4) is 0 Å². The number of halogens is 4. The van der Waals surface area contributed by atoms with Gasteiger partial charge in [-0.15, -0.1) is 0 Å². The first-order chi connectivity index (χ1) is 8.97. The summed E-state index contributed by atoms with van der Waals surface area (Å²) in [7, 11) is 0. The molecule has 0 unspecified atom stereocenters. The summed E-state index contributed by atoms with van der Waals surface area (Å²) < 4.78 is 39.7. The van der Waals surface area contributed by atoms with Crippen LogP contribution in [0.2, 0.25) is 5.02 Å². The van der Waals surface area contributed by atoms with E-state index in [1.165, 1.54) is 6.07 Å². The van der Waals surface area contributed by atoms with E-state index in [2.05, 4.69) is 5.32 Å². The Bertz CT molecular complexity index is 591. The lowest BCUT2D eigenvalue weighted by Crippen LogP contribution is -2.03. The highest BCUT2D eigenvalue weighted by atomic mass is 35.5. The van der Waals surface area contributed by atoms with Crippen LogP contribution in [0.15, 0.2) is 30.3 Å². The fraction of sp³-hybridized carbons (Fsp3) is 0.143. The predicted molar refractivity (Wildman–Crippen MR) is 69.8 cm³/mol. The largest absolute Gasteiger partial charge is 0.377 e. The van der Waals surface area contributed by atoms with Crippen LogP contribution < -0.4 is 5.32 Å². The molecule has 1 N–H and O–H groups in total. The number of aryl methyl sites for hydroxylation is 1. The Morgan fingerprint density at radius 1 is 1.05 bits per heavy atom. The molecule has 0 aromatic heterocycles. The zero-order valence-electron chi connectivity index (χ0n) is 10.1. The first kappa shape index (κ1) is 13.7. The Hall–Kier alpha value is -1.68. The monoisotopic (exact) mass is 285 g/mol. The van der Waals surface area contributed by atoms with E-state index >= 15 is 0 Å². The summed E-state index contributed by atoms with van der Waals surface area (Å²) >= 11 is 5.74. The van der Waals surface area contributed by atoms with Crippen LogP contribution in [0.1, 0.15) is 11.1 Å². The molecule has 2 aromatic rings. The van der Waals surface area contributed by atoms with Crippen LogP contribution in [0.5, 0.6) is 0 Å². The van der Waals surface area contributed by atoms with Crippen LogP contribution in [0, 0.1) is 24.4 Å². The quantitative estimate of drug-likeness (QED) is 0.863. The molecule has 0 fully saturated rings. The third-order valence-electron chi connectivity index (χ3n) is 2.71. The Kier molecular flexibility index (Phi) is 4.00. The number of hydrogen-bond donors (Lipinski definition) is 1. The van der Waals surface area contributed by atoms with Crippen molar-refractivity contribution in [1.82, 2.24) is 0 Å². The van der Waals surface area contributed by atoms with E-state index in [4.69, 9.17) is 11.6 Å². The average Bonchev–Trinajstić information content (AvgIpc) is 2.32. The molecule has 1 nitrogen and oxygen atoms in total. The molecule has 19 heavy (non-hydrogen) atoms. The first-order valence-corrected chi connectivity index (χ1v) is 5.98. The van der Waals surface area contributed by atoms with Gasteiger partial charge in [0.1, 0.15) is 11.6 Å². The van der Waals surface area contributed by atoms with E-state index in [1.807, 2.05) is 0 Å². The van der Waals surface area contributed by atoms with Crippen molar-refractivity contribution in [3.63, 3.8) is 0 Å². The topological polar surface area (TPSA) is 12.0 Å². The van der Waals surface area contributed by atoms with Crippen LogP contribution >= 0.6 is 11.6 Å². The van der Waals surface area contributed by atoms with Gasteiger partial charge in [0.25, 0.3) is 0 Å². The minimum atomic E-state index is -0.780. The zero-order valence-corrected chi connectivity index (χ0v) is 10.9. The highest BCUT2D eigenvalue weighted by molar-refractivity contribution is 6.33. The van der Waals surface area contributed by atoms with E-state index < -0.39 is 11.6 Å². The van der Waals surface area contributed by atoms with Crippen LogP contribution in [0.4, 0.5) is 18.9 Å². The molecule has 0 aliphatic heterocycles. The normalized spacial score (nSPS) is 10.6. The maximum atomic E-state index is 13.5. The van der Waals surface area contributed by atoms with Gasteiger partial charge in [0, 0.05) is 12.6 Å². The van der Waals surface area contributed by atoms with Gasteiger partial charge < -0.3 is 5.32 Å². The molecule has 2 rings (SSSR count). The predicted octanol–water partition coefficient (Wildman–Crippen LogP) is 4.68. The lowest BCUT2D eigenvalue weighted by atomic mass is 10.1. The van der Waals surface area contributed by atoms with E-state index in [-0.39, 0.29) is 23.1 Å². The molecule has 2 aromatic carbocycles. The van der Waals surface area contributed by atoms with Crippen molar-refractivity contribution in [2.75, 3.05) is 5.32 Å². The van der Waals surface area contributed by atoms with Crippen LogP contribution in [-0.4, -0.2) is 0 Å². The molecule has 100 valence electrons. The van der Waals surface area contributed by atoms with Crippen molar-refractivity contribution in [2.45, 2.75) is 13.5 Å². The van der Waals surface area contributed by atoms with Crippen molar-refractivity contribution in [3.8, 4) is 0 Å². The van der Waals surface area contributed by atoms with E-state index in [9.17, 15) is 13.2 Å². The molecule has 0 bridgehead atoms. The smallest absolute Gasteiger partial charge is 0.150 e. The van der Waals surface area contributed by atoms with Gasteiger partial charge in [-0.05, 0) is 30.2 Å². The highest BCUT2D eigenvalue weighted by Gasteiger charge is 2.09. The second-order valence-corrected chi connectivity index (χ2v) is 4.59. The molecule has 0 aliphatic rings. The summed E-state index contributed by atoms with van der Waals surface area (Å²) in [5, 5.41) is 2.68. The maximum absolute atomic E-state index is 13.5. The minimum Gasteiger partial charge on any atom is -0.377 e. The summed E-state index contributed by atoms with van der Waals surface area (Å²) in [6.45, 7) is 1.85. The molecule has 0 heterocycles. The Balaban J connectivity index is 2.16.